The molecule has 0 aliphatic carbocycles. The van der Waals surface area contributed by atoms with Crippen molar-refractivity contribution in [3.63, 3.8) is 0 Å². The smallest absolute Gasteiger partial charge is 0.264 e. The van der Waals surface area contributed by atoms with Crippen molar-refractivity contribution in [3.05, 3.63) is 39.6 Å². The molecule has 1 saturated heterocycles. The highest BCUT2D eigenvalue weighted by atomic mass is 35.5. The van der Waals surface area contributed by atoms with Gasteiger partial charge in [0, 0.05) is 39.5 Å². The summed E-state index contributed by atoms with van der Waals surface area (Å²) in [7, 11) is 3.16. The second-order valence-electron chi connectivity index (χ2n) is 6.93. The Labute approximate surface area is 183 Å². The first-order chi connectivity index (χ1) is 14.5. The number of halogens is 1. The normalized spacial score (nSPS) is 14.4. The van der Waals surface area contributed by atoms with E-state index in [0.29, 0.717) is 47.8 Å². The van der Waals surface area contributed by atoms with Gasteiger partial charge in [-0.2, -0.15) is 4.98 Å². The summed E-state index contributed by atoms with van der Waals surface area (Å²) in [5, 5.41) is 1.40. The molecule has 4 rings (SSSR count). The van der Waals surface area contributed by atoms with Gasteiger partial charge in [0.1, 0.15) is 17.3 Å². The molecule has 4 heterocycles. The maximum absolute atomic E-state index is 13.3. The summed E-state index contributed by atoms with van der Waals surface area (Å²) in [5.41, 5.74) is 0.850. The molecule has 0 radical (unpaired) electrons. The third-order valence-corrected chi connectivity index (χ3v) is 6.46. The zero-order chi connectivity index (χ0) is 21.3. The number of piperazine rings is 1. The summed E-state index contributed by atoms with van der Waals surface area (Å²) in [6, 6.07) is 3.73. The number of nitrogens with zero attached hydrogens (tertiary/aromatic N) is 5. The summed E-state index contributed by atoms with van der Waals surface area (Å²) < 4.78 is 10.6. The number of thiophene rings is 1. The van der Waals surface area contributed by atoms with Gasteiger partial charge in [-0.25, -0.2) is 9.97 Å². The van der Waals surface area contributed by atoms with Crippen LogP contribution in [0.3, 0.4) is 0 Å². The summed E-state index contributed by atoms with van der Waals surface area (Å²) in [6.45, 7) is 4.87. The molecule has 0 N–H and O–H groups in total. The third-order valence-electron chi connectivity index (χ3n) is 5.07. The molecule has 1 aliphatic heterocycles. The predicted octanol–water partition coefficient (Wildman–Crippen LogP) is 3.17. The Morgan fingerprint density at radius 3 is 2.60 bits per heavy atom. The molecule has 158 valence electrons. The van der Waals surface area contributed by atoms with E-state index in [1.807, 2.05) is 24.0 Å². The van der Waals surface area contributed by atoms with Crippen LogP contribution < -0.4 is 9.64 Å². The van der Waals surface area contributed by atoms with Crippen LogP contribution in [0.2, 0.25) is 5.02 Å². The Hall–Kier alpha value is -2.49. The lowest BCUT2D eigenvalue weighted by atomic mass is 10.2. The Morgan fingerprint density at radius 2 is 1.97 bits per heavy atom. The van der Waals surface area contributed by atoms with E-state index in [4.69, 9.17) is 21.1 Å². The molecule has 30 heavy (non-hydrogen) atoms. The van der Waals surface area contributed by atoms with Gasteiger partial charge in [0.05, 0.1) is 22.4 Å². The van der Waals surface area contributed by atoms with Crippen LogP contribution in [0.25, 0.3) is 10.2 Å². The van der Waals surface area contributed by atoms with E-state index in [1.165, 1.54) is 11.3 Å². The van der Waals surface area contributed by atoms with Gasteiger partial charge in [-0.15, -0.1) is 11.3 Å². The minimum Gasteiger partial charge on any atom is -0.480 e. The first-order valence-corrected chi connectivity index (χ1v) is 10.7. The van der Waals surface area contributed by atoms with Crippen LogP contribution in [0.5, 0.6) is 5.88 Å². The average Bonchev–Trinajstić information content (AvgIpc) is 3.10. The largest absolute Gasteiger partial charge is 0.480 e. The van der Waals surface area contributed by atoms with Crippen LogP contribution in [-0.2, 0) is 11.3 Å². The van der Waals surface area contributed by atoms with E-state index in [2.05, 4.69) is 19.9 Å². The summed E-state index contributed by atoms with van der Waals surface area (Å²) in [6.07, 6.45) is 1.64. The van der Waals surface area contributed by atoms with Gasteiger partial charge in [-0.1, -0.05) is 11.6 Å². The van der Waals surface area contributed by atoms with Crippen molar-refractivity contribution in [2.24, 2.45) is 0 Å². The van der Waals surface area contributed by atoms with E-state index < -0.39 is 0 Å². The zero-order valence-corrected chi connectivity index (χ0v) is 18.6. The van der Waals surface area contributed by atoms with Crippen molar-refractivity contribution in [1.82, 2.24) is 19.9 Å². The van der Waals surface area contributed by atoms with E-state index in [1.54, 1.807) is 20.4 Å². The van der Waals surface area contributed by atoms with Crippen LogP contribution in [0, 0.1) is 6.92 Å². The van der Waals surface area contributed by atoms with Crippen LogP contribution >= 0.6 is 22.9 Å². The molecule has 0 saturated carbocycles. The van der Waals surface area contributed by atoms with Crippen molar-refractivity contribution in [1.29, 1.82) is 0 Å². The Bertz CT molecular complexity index is 1060. The van der Waals surface area contributed by atoms with Gasteiger partial charge >= 0.3 is 0 Å². The number of fused-ring (bicyclic) bond motifs is 1. The third kappa shape index (κ3) is 3.92. The number of pyridine rings is 1. The molecule has 0 spiro atoms. The molecule has 8 nitrogen and oxygen atoms in total. The number of carbonyl (C=O) groups is 1. The standard InChI is InChI=1S/C20H22ClN5O3S/c1-12-16-18(29-3)23-14(11-28-2)24-19(16)30-17(12)20(27)26-8-6-25(7-9-26)15-5-4-13(21)10-22-15/h4-5,10H,6-9,11H2,1-3H3. The van der Waals surface area contributed by atoms with Gasteiger partial charge in [0.25, 0.3) is 5.91 Å². The van der Waals surface area contributed by atoms with Crippen LogP contribution in [0.4, 0.5) is 5.82 Å². The maximum atomic E-state index is 13.3. The fraction of sp³-hybridized carbons (Fsp3) is 0.400. The van der Waals surface area contributed by atoms with Gasteiger partial charge in [0.2, 0.25) is 5.88 Å². The fourth-order valence-corrected chi connectivity index (χ4v) is 4.80. The van der Waals surface area contributed by atoms with Crippen LogP contribution in [0.1, 0.15) is 21.1 Å². The fourth-order valence-electron chi connectivity index (χ4n) is 3.53. The molecule has 10 heteroatoms. The lowest BCUT2D eigenvalue weighted by Gasteiger charge is -2.35. The minimum atomic E-state index is 0.00885. The van der Waals surface area contributed by atoms with Gasteiger partial charge in [0.15, 0.2) is 5.82 Å². The number of amides is 1. The summed E-state index contributed by atoms with van der Waals surface area (Å²) in [5.74, 6) is 1.88. The highest BCUT2D eigenvalue weighted by Gasteiger charge is 2.27. The summed E-state index contributed by atoms with van der Waals surface area (Å²) >= 11 is 7.30. The highest BCUT2D eigenvalue weighted by Crippen LogP contribution is 2.36. The van der Waals surface area contributed by atoms with Crippen molar-refractivity contribution in [2.75, 3.05) is 45.3 Å². The first kappa shape index (κ1) is 20.8. The number of aromatic nitrogens is 3. The van der Waals surface area contributed by atoms with E-state index in [-0.39, 0.29) is 12.5 Å². The average molecular weight is 448 g/mol. The second kappa shape index (κ2) is 8.71. The van der Waals surface area contributed by atoms with Gasteiger partial charge in [-0.3, -0.25) is 4.79 Å². The lowest BCUT2D eigenvalue weighted by Crippen LogP contribution is -2.49. The molecule has 3 aromatic rings. The first-order valence-electron chi connectivity index (χ1n) is 9.50. The number of methoxy groups -OCH3 is 2. The molecule has 1 fully saturated rings. The minimum absolute atomic E-state index is 0.00885. The topological polar surface area (TPSA) is 80.7 Å². The quantitative estimate of drug-likeness (QED) is 0.594. The predicted molar refractivity (Wildman–Crippen MR) is 117 cm³/mol. The van der Waals surface area contributed by atoms with Crippen LogP contribution in [-0.4, -0.2) is 66.2 Å². The number of rotatable bonds is 5. The monoisotopic (exact) mass is 447 g/mol. The second-order valence-corrected chi connectivity index (χ2v) is 8.37. The summed E-state index contributed by atoms with van der Waals surface area (Å²) in [4.78, 5) is 32.0. The molecule has 1 aliphatic rings. The molecule has 0 bridgehead atoms. The van der Waals surface area contributed by atoms with Gasteiger partial charge in [-0.05, 0) is 24.6 Å². The number of ether oxygens (including phenoxy) is 2. The van der Waals surface area contributed by atoms with Crippen molar-refractivity contribution < 1.29 is 14.3 Å². The Morgan fingerprint density at radius 1 is 1.20 bits per heavy atom. The number of hydrogen-bond acceptors (Lipinski definition) is 8. The lowest BCUT2D eigenvalue weighted by molar-refractivity contribution is 0.0751. The van der Waals surface area contributed by atoms with E-state index in [0.717, 1.165) is 21.6 Å². The number of anilines is 1. The molecule has 1 amide bonds. The number of carbonyl (C=O) groups excluding carboxylic acids is 1. The number of hydrogen-bond donors (Lipinski definition) is 0. The van der Waals surface area contributed by atoms with Gasteiger partial charge < -0.3 is 19.3 Å². The van der Waals surface area contributed by atoms with Crippen molar-refractivity contribution in [2.45, 2.75) is 13.5 Å². The highest BCUT2D eigenvalue weighted by molar-refractivity contribution is 7.20. The molecule has 0 atom stereocenters. The maximum Gasteiger partial charge on any atom is 0.264 e. The zero-order valence-electron chi connectivity index (χ0n) is 17.0. The SMILES string of the molecule is COCc1nc(OC)c2c(C)c(C(=O)N3CCN(c4ccc(Cl)cn4)CC3)sc2n1. The van der Waals surface area contributed by atoms with E-state index in [9.17, 15) is 4.79 Å². The Balaban J connectivity index is 1.55. The molecule has 0 aromatic carbocycles. The molecule has 3 aromatic heterocycles. The molecular formula is C20H22ClN5O3S. The van der Waals surface area contributed by atoms with E-state index >= 15 is 0 Å². The van der Waals surface area contributed by atoms with Crippen molar-refractivity contribution >= 4 is 44.9 Å². The van der Waals surface area contributed by atoms with Crippen molar-refractivity contribution in [3.8, 4) is 5.88 Å². The number of aryl methyl sites for hydroxylation is 1. The molecule has 0 unspecified atom stereocenters. The Kier molecular flexibility index (Phi) is 6.03. The molecular weight excluding hydrogens is 426 g/mol. The van der Waals surface area contributed by atoms with Crippen LogP contribution in [0.15, 0.2) is 18.3 Å².